The summed E-state index contributed by atoms with van der Waals surface area (Å²) in [6, 6.07) is 0. The zero-order valence-corrected chi connectivity index (χ0v) is 8.16. The smallest absolute Gasteiger partial charge is 0.182 e. The van der Waals surface area contributed by atoms with Crippen LogP contribution >= 0.6 is 0 Å². The standard InChI is InChI=1S/C9H15N5/c10-6-9(7-11-13-14-12-7)5-8(9)3-1-2-4-8/h1-6,10H2,(H,11,12,13,14). The highest BCUT2D eigenvalue weighted by Crippen LogP contribution is 2.70. The lowest BCUT2D eigenvalue weighted by molar-refractivity contribution is 0.417. The summed E-state index contributed by atoms with van der Waals surface area (Å²) in [6.45, 7) is 0.659. The van der Waals surface area contributed by atoms with E-state index in [0.717, 1.165) is 12.2 Å². The molecular formula is C9H15N5. The first-order valence-electron chi connectivity index (χ1n) is 5.27. The maximum absolute atomic E-state index is 5.89. The lowest BCUT2D eigenvalue weighted by Crippen LogP contribution is -2.28. The van der Waals surface area contributed by atoms with E-state index in [4.69, 9.17) is 5.73 Å². The van der Waals surface area contributed by atoms with Gasteiger partial charge in [-0.1, -0.05) is 18.1 Å². The Hall–Kier alpha value is -0.970. The summed E-state index contributed by atoms with van der Waals surface area (Å²) in [7, 11) is 0. The Labute approximate surface area is 82.5 Å². The van der Waals surface area contributed by atoms with Crippen molar-refractivity contribution >= 4 is 0 Å². The Kier molecular flexibility index (Phi) is 1.51. The van der Waals surface area contributed by atoms with Crippen molar-refractivity contribution in [3.8, 4) is 0 Å². The summed E-state index contributed by atoms with van der Waals surface area (Å²) in [5.41, 5.74) is 6.37. The minimum absolute atomic E-state index is 0.0521. The molecule has 1 spiro atoms. The maximum atomic E-state index is 5.89. The van der Waals surface area contributed by atoms with Crippen molar-refractivity contribution in [3.63, 3.8) is 0 Å². The molecule has 0 saturated heterocycles. The van der Waals surface area contributed by atoms with Gasteiger partial charge >= 0.3 is 0 Å². The molecule has 1 heterocycles. The second-order valence-electron chi connectivity index (χ2n) is 4.69. The molecule has 0 aliphatic heterocycles. The number of nitrogens with two attached hydrogens (primary N) is 1. The molecule has 2 fully saturated rings. The van der Waals surface area contributed by atoms with Crippen LogP contribution in [0.1, 0.15) is 37.9 Å². The van der Waals surface area contributed by atoms with Gasteiger partial charge in [-0.2, -0.15) is 5.21 Å². The predicted octanol–water partition coefficient (Wildman–Crippen LogP) is 0.360. The van der Waals surface area contributed by atoms with E-state index in [1.54, 1.807) is 0 Å². The maximum Gasteiger partial charge on any atom is 0.182 e. The average Bonchev–Trinajstić information content (AvgIpc) is 2.69. The molecule has 1 unspecified atom stereocenters. The van der Waals surface area contributed by atoms with Crippen LogP contribution in [0.2, 0.25) is 0 Å². The fourth-order valence-corrected chi connectivity index (χ4v) is 3.30. The van der Waals surface area contributed by atoms with Crippen molar-refractivity contribution in [2.75, 3.05) is 6.54 Å². The topological polar surface area (TPSA) is 80.5 Å². The lowest BCUT2D eigenvalue weighted by atomic mass is 9.90. The highest BCUT2D eigenvalue weighted by Gasteiger charge is 2.69. The molecule has 2 aliphatic carbocycles. The molecule has 3 N–H and O–H groups in total. The van der Waals surface area contributed by atoms with E-state index in [1.807, 2.05) is 0 Å². The first kappa shape index (κ1) is 8.35. The predicted molar refractivity (Wildman–Crippen MR) is 50.4 cm³/mol. The molecule has 5 heteroatoms. The number of tetrazole rings is 1. The van der Waals surface area contributed by atoms with Gasteiger partial charge in [0, 0.05) is 6.54 Å². The number of nitrogens with one attached hydrogen (secondary N) is 1. The number of aromatic amines is 1. The molecule has 2 aliphatic rings. The van der Waals surface area contributed by atoms with Crippen LogP contribution in [0.3, 0.4) is 0 Å². The van der Waals surface area contributed by atoms with E-state index < -0.39 is 0 Å². The molecule has 1 aromatic heterocycles. The fraction of sp³-hybridized carbons (Fsp3) is 0.889. The molecule has 14 heavy (non-hydrogen) atoms. The third-order valence-corrected chi connectivity index (χ3v) is 4.21. The highest BCUT2D eigenvalue weighted by molar-refractivity contribution is 5.30. The quantitative estimate of drug-likeness (QED) is 0.710. The Morgan fingerprint density at radius 2 is 2.14 bits per heavy atom. The number of rotatable bonds is 2. The van der Waals surface area contributed by atoms with E-state index in [9.17, 15) is 0 Å². The number of nitrogens with zero attached hydrogens (tertiary/aromatic N) is 3. The van der Waals surface area contributed by atoms with Crippen LogP contribution in [0.4, 0.5) is 0 Å². The van der Waals surface area contributed by atoms with Gasteiger partial charge in [0.1, 0.15) is 0 Å². The molecule has 1 atom stereocenters. The van der Waals surface area contributed by atoms with Gasteiger partial charge in [-0.3, -0.25) is 0 Å². The Bertz CT molecular complexity index is 327. The molecule has 76 valence electrons. The fourth-order valence-electron chi connectivity index (χ4n) is 3.30. The first-order valence-corrected chi connectivity index (χ1v) is 5.27. The van der Waals surface area contributed by atoms with Gasteiger partial charge in [-0.05, 0) is 24.7 Å². The zero-order valence-electron chi connectivity index (χ0n) is 8.16. The van der Waals surface area contributed by atoms with Crippen LogP contribution in [0.5, 0.6) is 0 Å². The largest absolute Gasteiger partial charge is 0.329 e. The highest BCUT2D eigenvalue weighted by atomic mass is 15.5. The van der Waals surface area contributed by atoms with Crippen molar-refractivity contribution in [2.24, 2.45) is 11.1 Å². The van der Waals surface area contributed by atoms with E-state index in [0.29, 0.717) is 12.0 Å². The zero-order chi connectivity index (χ0) is 9.65. The van der Waals surface area contributed by atoms with Gasteiger partial charge in [-0.25, -0.2) is 0 Å². The van der Waals surface area contributed by atoms with Crippen molar-refractivity contribution in [1.82, 2.24) is 20.6 Å². The van der Waals surface area contributed by atoms with E-state index >= 15 is 0 Å². The van der Waals surface area contributed by atoms with E-state index in [2.05, 4.69) is 20.6 Å². The molecular weight excluding hydrogens is 178 g/mol. The van der Waals surface area contributed by atoms with Crippen LogP contribution in [-0.2, 0) is 5.41 Å². The normalized spacial score (nSPS) is 33.8. The van der Waals surface area contributed by atoms with Gasteiger partial charge in [-0.15, -0.1) is 10.2 Å². The Morgan fingerprint density at radius 3 is 2.71 bits per heavy atom. The molecule has 1 aromatic rings. The number of hydrogen-bond acceptors (Lipinski definition) is 4. The minimum Gasteiger partial charge on any atom is -0.329 e. The van der Waals surface area contributed by atoms with Crippen LogP contribution in [0.25, 0.3) is 0 Å². The third kappa shape index (κ3) is 0.809. The number of hydrogen-bond donors (Lipinski definition) is 2. The van der Waals surface area contributed by atoms with Crippen LogP contribution in [0.15, 0.2) is 0 Å². The summed E-state index contributed by atoms with van der Waals surface area (Å²) in [4.78, 5) is 0. The van der Waals surface area contributed by atoms with Crippen molar-refractivity contribution in [3.05, 3.63) is 5.82 Å². The van der Waals surface area contributed by atoms with Gasteiger partial charge in [0.25, 0.3) is 0 Å². The van der Waals surface area contributed by atoms with Crippen molar-refractivity contribution in [2.45, 2.75) is 37.5 Å². The lowest BCUT2D eigenvalue weighted by Gasteiger charge is -2.16. The molecule has 5 nitrogen and oxygen atoms in total. The molecule has 3 rings (SSSR count). The van der Waals surface area contributed by atoms with E-state index in [-0.39, 0.29) is 5.41 Å². The van der Waals surface area contributed by atoms with Gasteiger partial charge < -0.3 is 5.73 Å². The van der Waals surface area contributed by atoms with E-state index in [1.165, 1.54) is 25.7 Å². The second-order valence-corrected chi connectivity index (χ2v) is 4.69. The summed E-state index contributed by atoms with van der Waals surface area (Å²) in [5.74, 6) is 0.835. The first-order chi connectivity index (χ1) is 6.83. The summed E-state index contributed by atoms with van der Waals surface area (Å²) < 4.78 is 0. The van der Waals surface area contributed by atoms with Crippen molar-refractivity contribution < 1.29 is 0 Å². The molecule has 0 radical (unpaired) electrons. The molecule has 0 bridgehead atoms. The Morgan fingerprint density at radius 1 is 1.36 bits per heavy atom. The number of aromatic nitrogens is 4. The molecule has 0 aromatic carbocycles. The molecule has 2 saturated carbocycles. The van der Waals surface area contributed by atoms with Crippen molar-refractivity contribution in [1.29, 1.82) is 0 Å². The molecule has 0 amide bonds. The van der Waals surface area contributed by atoms with Crippen LogP contribution in [0, 0.1) is 5.41 Å². The van der Waals surface area contributed by atoms with Crippen LogP contribution < -0.4 is 5.73 Å². The van der Waals surface area contributed by atoms with Crippen LogP contribution in [-0.4, -0.2) is 27.2 Å². The monoisotopic (exact) mass is 193 g/mol. The van der Waals surface area contributed by atoms with Gasteiger partial charge in [0.15, 0.2) is 5.82 Å². The SMILES string of the molecule is NCC1(c2nn[nH]n2)CC12CCCC2. The summed E-state index contributed by atoms with van der Waals surface area (Å²) in [6.07, 6.45) is 6.41. The number of H-pyrrole nitrogens is 1. The summed E-state index contributed by atoms with van der Waals surface area (Å²) >= 11 is 0. The Balaban J connectivity index is 1.96. The average molecular weight is 193 g/mol. The second kappa shape index (κ2) is 2.53. The third-order valence-electron chi connectivity index (χ3n) is 4.21. The minimum atomic E-state index is 0.0521. The van der Waals surface area contributed by atoms with Gasteiger partial charge in [0.2, 0.25) is 0 Å². The summed E-state index contributed by atoms with van der Waals surface area (Å²) in [5, 5.41) is 14.4. The van der Waals surface area contributed by atoms with Gasteiger partial charge in [0.05, 0.1) is 5.41 Å².